The van der Waals surface area contributed by atoms with Crippen LogP contribution in [0.25, 0.3) is 55.8 Å². The maximum absolute atomic E-state index is 4.54. The zero-order chi connectivity index (χ0) is 36.8. The summed E-state index contributed by atoms with van der Waals surface area (Å²) in [6, 6.07) is 77.0. The average Bonchev–Trinajstić information content (AvgIpc) is 3.74. The zero-order valence-corrected chi connectivity index (χ0v) is 30.7. The van der Waals surface area contributed by atoms with Crippen LogP contribution in [0.1, 0.15) is 44.5 Å². The lowest BCUT2D eigenvalue weighted by Gasteiger charge is -2.48. The molecule has 0 N–H and O–H groups in total. The Morgan fingerprint density at radius 1 is 0.250 bits per heavy atom. The molecule has 0 atom stereocenters. The van der Waals surface area contributed by atoms with Crippen LogP contribution in [0.2, 0.25) is 0 Å². The van der Waals surface area contributed by atoms with Crippen LogP contribution in [-0.4, -0.2) is 4.98 Å². The fraction of sp³-hybridized carbons (Fsp3) is 0.0364. The number of fused-ring (bicyclic) bond motifs is 16. The molecule has 0 amide bonds. The van der Waals surface area contributed by atoms with Crippen molar-refractivity contribution in [2.24, 2.45) is 0 Å². The monoisotopic (exact) mass is 709 g/mol. The summed E-state index contributed by atoms with van der Waals surface area (Å²) in [7, 11) is 0. The first-order valence-electron chi connectivity index (χ1n) is 19.5. The molecule has 3 aliphatic rings. The summed E-state index contributed by atoms with van der Waals surface area (Å²) in [5.74, 6) is 0. The Bertz CT molecular complexity index is 2930. The third-order valence-electron chi connectivity index (χ3n) is 12.8. The highest BCUT2D eigenvalue weighted by molar-refractivity contribution is 5.94. The van der Waals surface area contributed by atoms with Gasteiger partial charge in [-0.3, -0.25) is 4.98 Å². The van der Waals surface area contributed by atoms with Gasteiger partial charge >= 0.3 is 0 Å². The van der Waals surface area contributed by atoms with Gasteiger partial charge in [-0.15, -0.1) is 0 Å². The minimum absolute atomic E-state index is 0.431. The summed E-state index contributed by atoms with van der Waals surface area (Å²) in [6.45, 7) is 0. The molecule has 2 spiro atoms. The average molecular weight is 710 g/mol. The second kappa shape index (κ2) is 11.7. The van der Waals surface area contributed by atoms with E-state index in [9.17, 15) is 0 Å². The molecule has 0 fully saturated rings. The maximum atomic E-state index is 4.54. The summed E-state index contributed by atoms with van der Waals surface area (Å²) < 4.78 is 0. The molecule has 3 aliphatic carbocycles. The summed E-state index contributed by atoms with van der Waals surface area (Å²) in [4.78, 5) is 4.54. The molecule has 0 unspecified atom stereocenters. The lowest BCUT2D eigenvalue weighted by molar-refractivity contribution is 0.633. The lowest BCUT2D eigenvalue weighted by Crippen LogP contribution is -2.43. The molecule has 1 heterocycles. The van der Waals surface area contributed by atoms with Gasteiger partial charge in [0.05, 0.1) is 16.5 Å². The minimum Gasteiger partial charge on any atom is -0.256 e. The highest BCUT2D eigenvalue weighted by Gasteiger charge is 2.58. The van der Waals surface area contributed by atoms with Crippen LogP contribution in [0.4, 0.5) is 0 Å². The van der Waals surface area contributed by atoms with Crippen molar-refractivity contribution in [3.63, 3.8) is 0 Å². The SMILES string of the molecule is c1ccc(-c2ccc(-c3cccc(-c4ccc5c(c4)-c4ccccc4C54c5ccccc5C5(c6ccccc6-c6ccccc65)c5ccccc54)c3)cc2)nc1. The van der Waals surface area contributed by atoms with Gasteiger partial charge in [0.15, 0.2) is 0 Å². The predicted octanol–water partition coefficient (Wildman–Crippen LogP) is 13.1. The van der Waals surface area contributed by atoms with E-state index in [-0.39, 0.29) is 0 Å². The van der Waals surface area contributed by atoms with Crippen LogP contribution in [-0.2, 0) is 10.8 Å². The van der Waals surface area contributed by atoms with Crippen LogP contribution < -0.4 is 0 Å². The van der Waals surface area contributed by atoms with Crippen molar-refractivity contribution in [3.8, 4) is 55.8 Å². The molecule has 56 heavy (non-hydrogen) atoms. The maximum Gasteiger partial charge on any atom is 0.0720 e. The number of rotatable bonds is 3. The summed E-state index contributed by atoms with van der Waals surface area (Å²) in [6.07, 6.45) is 1.85. The van der Waals surface area contributed by atoms with Crippen molar-refractivity contribution in [1.29, 1.82) is 0 Å². The number of hydrogen-bond donors (Lipinski definition) is 0. The third-order valence-corrected chi connectivity index (χ3v) is 12.8. The number of hydrogen-bond acceptors (Lipinski definition) is 1. The van der Waals surface area contributed by atoms with E-state index < -0.39 is 10.8 Å². The fourth-order valence-electron chi connectivity index (χ4n) is 10.7. The van der Waals surface area contributed by atoms with Crippen molar-refractivity contribution in [2.75, 3.05) is 0 Å². The van der Waals surface area contributed by atoms with Crippen molar-refractivity contribution in [2.45, 2.75) is 10.8 Å². The van der Waals surface area contributed by atoms with Crippen LogP contribution >= 0.6 is 0 Å². The molecule has 0 bridgehead atoms. The van der Waals surface area contributed by atoms with Crippen LogP contribution in [0, 0.1) is 0 Å². The predicted molar refractivity (Wildman–Crippen MR) is 229 cm³/mol. The first kappa shape index (κ1) is 31.3. The van der Waals surface area contributed by atoms with E-state index in [1.807, 2.05) is 18.3 Å². The molecule has 9 aromatic rings. The van der Waals surface area contributed by atoms with Gasteiger partial charge in [-0.2, -0.15) is 0 Å². The van der Waals surface area contributed by atoms with E-state index in [1.54, 1.807) is 0 Å². The largest absolute Gasteiger partial charge is 0.256 e. The Balaban J connectivity index is 1.06. The van der Waals surface area contributed by atoms with Crippen LogP contribution in [0.3, 0.4) is 0 Å². The Labute approximate surface area is 327 Å². The second-order valence-electron chi connectivity index (χ2n) is 15.4. The number of benzene rings is 8. The normalized spacial score (nSPS) is 14.4. The summed E-state index contributed by atoms with van der Waals surface area (Å²) in [5, 5.41) is 0. The van der Waals surface area contributed by atoms with Crippen LogP contribution in [0.5, 0.6) is 0 Å². The molecule has 0 aliphatic heterocycles. The van der Waals surface area contributed by atoms with Gasteiger partial charge in [0.1, 0.15) is 0 Å². The second-order valence-corrected chi connectivity index (χ2v) is 15.4. The van der Waals surface area contributed by atoms with E-state index >= 15 is 0 Å². The van der Waals surface area contributed by atoms with Crippen molar-refractivity contribution < 1.29 is 0 Å². The smallest absolute Gasteiger partial charge is 0.0720 e. The molecule has 0 saturated heterocycles. The zero-order valence-electron chi connectivity index (χ0n) is 30.7. The number of nitrogens with zero attached hydrogens (tertiary/aromatic N) is 1. The van der Waals surface area contributed by atoms with Gasteiger partial charge in [0.25, 0.3) is 0 Å². The first-order chi connectivity index (χ1) is 27.8. The molecule has 1 heteroatoms. The van der Waals surface area contributed by atoms with Crippen molar-refractivity contribution in [1.82, 2.24) is 4.98 Å². The standard InChI is InChI=1S/C55H35N/c1-4-19-45-41(16-1)42-17-2-5-20-46(42)54(45)49-22-7-9-24-51(49)55(52-25-10-8-23-50(52)54)47-21-6-3-18-43(47)44-35-40(31-32-48(44)55)39-15-13-14-38(34-39)36-27-29-37(30-28-36)53-26-11-12-33-56-53/h1-35H. The van der Waals surface area contributed by atoms with Crippen molar-refractivity contribution >= 4 is 0 Å². The highest BCUT2D eigenvalue weighted by Crippen LogP contribution is 2.67. The molecular weight excluding hydrogens is 675 g/mol. The molecule has 12 rings (SSSR count). The van der Waals surface area contributed by atoms with Gasteiger partial charge < -0.3 is 0 Å². The van der Waals surface area contributed by atoms with Crippen molar-refractivity contribution in [3.05, 3.63) is 257 Å². The minimum atomic E-state index is -0.480. The summed E-state index contributed by atoms with van der Waals surface area (Å²) >= 11 is 0. The Morgan fingerprint density at radius 2 is 0.643 bits per heavy atom. The van der Waals surface area contributed by atoms with Crippen LogP contribution in [0.15, 0.2) is 212 Å². The highest BCUT2D eigenvalue weighted by atomic mass is 14.7. The van der Waals surface area contributed by atoms with E-state index in [0.29, 0.717) is 0 Å². The topological polar surface area (TPSA) is 12.9 Å². The van der Waals surface area contributed by atoms with E-state index in [4.69, 9.17) is 0 Å². The van der Waals surface area contributed by atoms with Gasteiger partial charge in [0, 0.05) is 11.8 Å². The number of pyridine rings is 1. The van der Waals surface area contributed by atoms with Gasteiger partial charge in [-0.25, -0.2) is 0 Å². The Hall–Kier alpha value is -7.09. The first-order valence-corrected chi connectivity index (χ1v) is 19.5. The molecule has 0 radical (unpaired) electrons. The molecule has 8 aromatic carbocycles. The lowest BCUT2D eigenvalue weighted by atomic mass is 9.52. The third kappa shape index (κ3) is 4.02. The molecular formula is C55H35N. The molecule has 260 valence electrons. The van der Waals surface area contributed by atoms with Gasteiger partial charge in [0.2, 0.25) is 0 Å². The molecule has 1 nitrogen and oxygen atoms in total. The van der Waals surface area contributed by atoms with Gasteiger partial charge in [-0.05, 0) is 113 Å². The van der Waals surface area contributed by atoms with Gasteiger partial charge in [-0.1, -0.05) is 182 Å². The number of aromatic nitrogens is 1. The van der Waals surface area contributed by atoms with E-state index in [0.717, 1.165) is 11.3 Å². The van der Waals surface area contributed by atoms with E-state index in [2.05, 4.69) is 199 Å². The quantitative estimate of drug-likeness (QED) is 0.178. The van der Waals surface area contributed by atoms with E-state index in [1.165, 1.54) is 89.0 Å². The molecule has 0 saturated carbocycles. The summed E-state index contributed by atoms with van der Waals surface area (Å²) in [5.41, 5.74) is 22.1. The molecule has 1 aromatic heterocycles. The Morgan fingerprint density at radius 3 is 1.16 bits per heavy atom. The Kier molecular flexibility index (Phi) is 6.54. The fourth-order valence-corrected chi connectivity index (χ4v) is 10.7.